The van der Waals surface area contributed by atoms with E-state index in [0.29, 0.717) is 16.9 Å². The Morgan fingerprint density at radius 1 is 1.29 bits per heavy atom. The molecule has 0 spiro atoms. The first-order valence-corrected chi connectivity index (χ1v) is 4.75. The van der Waals surface area contributed by atoms with E-state index in [2.05, 4.69) is 19.7 Å². The van der Waals surface area contributed by atoms with Crippen LogP contribution >= 0.6 is 0 Å². The van der Waals surface area contributed by atoms with Crippen LogP contribution in [-0.4, -0.2) is 16.5 Å². The summed E-state index contributed by atoms with van der Waals surface area (Å²) in [6, 6.07) is 4.53. The van der Waals surface area contributed by atoms with Gasteiger partial charge in [-0.15, -0.1) is 8.78 Å². The molecule has 0 saturated carbocycles. The first-order chi connectivity index (χ1) is 8.07. The van der Waals surface area contributed by atoms with Gasteiger partial charge in [-0.1, -0.05) is 6.07 Å². The Morgan fingerprint density at radius 2 is 2.12 bits per heavy atom. The second-order valence-electron chi connectivity index (χ2n) is 3.49. The molecule has 3 rings (SSSR count). The van der Waals surface area contributed by atoms with Crippen LogP contribution in [0.5, 0.6) is 11.5 Å². The maximum absolute atomic E-state index is 13.0. The molecule has 0 saturated heterocycles. The molecule has 0 fully saturated rings. The first kappa shape index (κ1) is 9.88. The van der Waals surface area contributed by atoms with Crippen molar-refractivity contribution in [2.75, 3.05) is 5.73 Å². The number of anilines is 1. The number of aromatic nitrogens is 2. The Morgan fingerprint density at radius 3 is 2.82 bits per heavy atom. The average Bonchev–Trinajstić information content (AvgIpc) is 2.78. The van der Waals surface area contributed by atoms with Crippen LogP contribution < -0.4 is 15.2 Å². The summed E-state index contributed by atoms with van der Waals surface area (Å²) in [5.74, 6) is -0.0915. The molecule has 88 valence electrons. The van der Waals surface area contributed by atoms with E-state index in [9.17, 15) is 8.78 Å². The highest BCUT2D eigenvalue weighted by Gasteiger charge is 2.44. The number of para-hydroxylation sites is 1. The molecule has 3 N–H and O–H groups in total. The molecule has 0 unspecified atom stereocenters. The monoisotopic (exact) mass is 239 g/mol. The van der Waals surface area contributed by atoms with Crippen molar-refractivity contribution in [1.82, 2.24) is 10.2 Å². The third-order valence-corrected chi connectivity index (χ3v) is 2.35. The number of H-pyrrole nitrogens is 1. The minimum atomic E-state index is -3.65. The van der Waals surface area contributed by atoms with E-state index in [0.717, 1.165) is 0 Å². The van der Waals surface area contributed by atoms with Crippen LogP contribution in [0, 0.1) is 0 Å². The number of aromatic amines is 1. The molecule has 5 nitrogen and oxygen atoms in total. The van der Waals surface area contributed by atoms with Gasteiger partial charge in [0.2, 0.25) is 0 Å². The van der Waals surface area contributed by atoms with Crippen molar-refractivity contribution < 1.29 is 18.3 Å². The third kappa shape index (κ3) is 1.47. The normalized spacial score (nSPS) is 16.1. The quantitative estimate of drug-likeness (QED) is 0.798. The van der Waals surface area contributed by atoms with Crippen molar-refractivity contribution >= 4 is 5.69 Å². The van der Waals surface area contributed by atoms with Gasteiger partial charge in [0.05, 0.1) is 11.3 Å². The lowest BCUT2D eigenvalue weighted by atomic mass is 10.1. The number of hydrogen-bond acceptors (Lipinski definition) is 4. The Hall–Kier alpha value is -2.31. The van der Waals surface area contributed by atoms with Crippen LogP contribution in [0.1, 0.15) is 0 Å². The maximum Gasteiger partial charge on any atom is 0.586 e. The van der Waals surface area contributed by atoms with E-state index < -0.39 is 6.29 Å². The SMILES string of the molecule is Nc1c[nH]nc1-c1cccc2c1OC(F)(F)O2. The summed E-state index contributed by atoms with van der Waals surface area (Å²) in [4.78, 5) is 0. The second kappa shape index (κ2) is 3.09. The Labute approximate surface area is 94.1 Å². The zero-order valence-electron chi connectivity index (χ0n) is 8.41. The summed E-state index contributed by atoms with van der Waals surface area (Å²) >= 11 is 0. The molecule has 0 aliphatic carbocycles. The molecule has 0 atom stereocenters. The number of nitrogens with two attached hydrogens (primary N) is 1. The van der Waals surface area contributed by atoms with E-state index in [-0.39, 0.29) is 11.5 Å². The second-order valence-corrected chi connectivity index (χ2v) is 3.49. The smallest absolute Gasteiger partial charge is 0.396 e. The van der Waals surface area contributed by atoms with Crippen LogP contribution in [0.15, 0.2) is 24.4 Å². The summed E-state index contributed by atoms with van der Waals surface area (Å²) < 4.78 is 34.7. The molecular weight excluding hydrogens is 232 g/mol. The molecular formula is C10H7F2N3O2. The standard InChI is InChI=1S/C10H7F2N3O2/c11-10(12)16-7-3-1-2-5(9(7)17-10)8-6(13)4-14-15-8/h1-4H,13H2,(H,14,15). The van der Waals surface area contributed by atoms with Crippen LogP contribution in [0.3, 0.4) is 0 Å². The average molecular weight is 239 g/mol. The Kier molecular flexibility index (Phi) is 1.80. The molecule has 1 aliphatic heterocycles. The molecule has 17 heavy (non-hydrogen) atoms. The van der Waals surface area contributed by atoms with Crippen molar-refractivity contribution in [2.45, 2.75) is 6.29 Å². The summed E-state index contributed by atoms with van der Waals surface area (Å²) in [6.07, 6.45) is -2.19. The number of fused-ring (bicyclic) bond motifs is 1. The fourth-order valence-corrected chi connectivity index (χ4v) is 1.67. The minimum absolute atomic E-state index is 0.0325. The van der Waals surface area contributed by atoms with Gasteiger partial charge in [-0.2, -0.15) is 5.10 Å². The first-order valence-electron chi connectivity index (χ1n) is 4.75. The van der Waals surface area contributed by atoms with Crippen molar-refractivity contribution in [1.29, 1.82) is 0 Å². The molecule has 2 aromatic rings. The number of nitrogen functional groups attached to an aromatic ring is 1. The summed E-state index contributed by atoms with van der Waals surface area (Å²) in [7, 11) is 0. The summed E-state index contributed by atoms with van der Waals surface area (Å²) in [6.45, 7) is 0. The summed E-state index contributed by atoms with van der Waals surface area (Å²) in [5.41, 5.74) is 6.71. The number of alkyl halides is 2. The number of halogens is 2. The predicted molar refractivity (Wildman–Crippen MR) is 54.6 cm³/mol. The topological polar surface area (TPSA) is 73.2 Å². The molecule has 0 bridgehead atoms. The Balaban J connectivity index is 2.16. The van der Waals surface area contributed by atoms with Gasteiger partial charge in [0, 0.05) is 6.20 Å². The lowest BCUT2D eigenvalue weighted by molar-refractivity contribution is -0.286. The zero-order valence-corrected chi connectivity index (χ0v) is 8.41. The van der Waals surface area contributed by atoms with E-state index in [4.69, 9.17) is 5.73 Å². The fourth-order valence-electron chi connectivity index (χ4n) is 1.67. The minimum Gasteiger partial charge on any atom is -0.396 e. The van der Waals surface area contributed by atoms with E-state index in [1.54, 1.807) is 12.1 Å². The van der Waals surface area contributed by atoms with Crippen molar-refractivity contribution in [3.05, 3.63) is 24.4 Å². The lowest BCUT2D eigenvalue weighted by Crippen LogP contribution is -2.26. The van der Waals surface area contributed by atoms with Gasteiger partial charge in [-0.05, 0) is 12.1 Å². The maximum atomic E-state index is 13.0. The number of hydrogen-bond donors (Lipinski definition) is 2. The number of ether oxygens (including phenoxy) is 2. The van der Waals surface area contributed by atoms with Crippen LogP contribution in [0.4, 0.5) is 14.5 Å². The van der Waals surface area contributed by atoms with Gasteiger partial charge >= 0.3 is 6.29 Å². The zero-order chi connectivity index (χ0) is 12.0. The summed E-state index contributed by atoms with van der Waals surface area (Å²) in [5, 5.41) is 6.43. The van der Waals surface area contributed by atoms with Gasteiger partial charge in [-0.3, -0.25) is 5.10 Å². The van der Waals surface area contributed by atoms with Gasteiger partial charge in [-0.25, -0.2) is 0 Å². The van der Waals surface area contributed by atoms with Gasteiger partial charge in [0.1, 0.15) is 5.69 Å². The molecule has 0 radical (unpaired) electrons. The van der Waals surface area contributed by atoms with Gasteiger partial charge in [0.25, 0.3) is 0 Å². The highest BCUT2D eigenvalue weighted by atomic mass is 19.3. The van der Waals surface area contributed by atoms with E-state index in [1.807, 2.05) is 0 Å². The van der Waals surface area contributed by atoms with Crippen molar-refractivity contribution in [3.8, 4) is 22.8 Å². The highest BCUT2D eigenvalue weighted by molar-refractivity contribution is 5.79. The molecule has 2 heterocycles. The molecule has 1 aliphatic rings. The highest BCUT2D eigenvalue weighted by Crippen LogP contribution is 2.47. The van der Waals surface area contributed by atoms with E-state index in [1.165, 1.54) is 12.3 Å². The van der Waals surface area contributed by atoms with Gasteiger partial charge in [0.15, 0.2) is 11.5 Å². The van der Waals surface area contributed by atoms with Crippen molar-refractivity contribution in [3.63, 3.8) is 0 Å². The largest absolute Gasteiger partial charge is 0.586 e. The van der Waals surface area contributed by atoms with Crippen LogP contribution in [0.25, 0.3) is 11.3 Å². The number of nitrogens with one attached hydrogen (secondary N) is 1. The number of rotatable bonds is 1. The van der Waals surface area contributed by atoms with Gasteiger partial charge < -0.3 is 15.2 Å². The molecule has 0 amide bonds. The molecule has 1 aromatic carbocycles. The van der Waals surface area contributed by atoms with Crippen LogP contribution in [-0.2, 0) is 0 Å². The van der Waals surface area contributed by atoms with Crippen LogP contribution in [0.2, 0.25) is 0 Å². The Bertz CT molecular complexity index is 583. The van der Waals surface area contributed by atoms with E-state index >= 15 is 0 Å². The lowest BCUT2D eigenvalue weighted by Gasteiger charge is -2.06. The molecule has 7 heteroatoms. The number of nitrogens with zero attached hydrogens (tertiary/aromatic N) is 1. The van der Waals surface area contributed by atoms with Crippen molar-refractivity contribution in [2.24, 2.45) is 0 Å². The predicted octanol–water partition coefficient (Wildman–Crippen LogP) is 1.98. The third-order valence-electron chi connectivity index (χ3n) is 2.35. The number of benzene rings is 1. The fraction of sp³-hybridized carbons (Fsp3) is 0.100. The molecule has 1 aromatic heterocycles.